The maximum absolute atomic E-state index is 3.52. The number of thioether (sulfide) groups is 1. The topological polar surface area (TPSA) is 15.3 Å². The second-order valence-corrected chi connectivity index (χ2v) is 6.28. The van der Waals surface area contributed by atoms with Crippen molar-refractivity contribution in [3.63, 3.8) is 0 Å². The molecule has 0 aliphatic heterocycles. The summed E-state index contributed by atoms with van der Waals surface area (Å²) in [6.45, 7) is 3.55. The Morgan fingerprint density at radius 2 is 1.94 bits per heavy atom. The van der Waals surface area contributed by atoms with Crippen molar-refractivity contribution in [2.75, 3.05) is 45.2 Å². The highest BCUT2D eigenvalue weighted by atomic mass is 32.2. The van der Waals surface area contributed by atoms with Crippen molar-refractivity contribution >= 4 is 11.8 Å². The predicted molar refractivity (Wildman–Crippen MR) is 75.3 cm³/mol. The molecule has 1 aliphatic carbocycles. The fourth-order valence-corrected chi connectivity index (χ4v) is 3.34. The first-order chi connectivity index (χ1) is 7.79. The van der Waals surface area contributed by atoms with Gasteiger partial charge in [0, 0.05) is 12.3 Å². The molecule has 0 bridgehead atoms. The normalized spacial score (nSPS) is 17.4. The molecule has 0 spiro atoms. The van der Waals surface area contributed by atoms with Gasteiger partial charge in [-0.1, -0.05) is 12.8 Å². The molecule has 0 heterocycles. The first-order valence-electron chi connectivity index (χ1n) is 6.72. The number of hydrogen-bond acceptors (Lipinski definition) is 3. The first kappa shape index (κ1) is 14.3. The lowest BCUT2D eigenvalue weighted by molar-refractivity contribution is 0.396. The van der Waals surface area contributed by atoms with Gasteiger partial charge in [0.25, 0.3) is 0 Å². The van der Waals surface area contributed by atoms with Crippen LogP contribution < -0.4 is 5.32 Å². The lowest BCUT2D eigenvalue weighted by Crippen LogP contribution is -2.23. The number of nitrogens with one attached hydrogen (secondary N) is 1. The Balaban J connectivity index is 1.74. The summed E-state index contributed by atoms with van der Waals surface area (Å²) in [5.74, 6) is 3.73. The third-order valence-corrected chi connectivity index (χ3v) is 4.41. The minimum atomic E-state index is 1.04. The van der Waals surface area contributed by atoms with Crippen LogP contribution in [0.15, 0.2) is 0 Å². The minimum absolute atomic E-state index is 1.04. The van der Waals surface area contributed by atoms with Gasteiger partial charge in [-0.05, 0) is 58.1 Å². The Bertz CT molecular complexity index is 156. The van der Waals surface area contributed by atoms with Gasteiger partial charge in [-0.3, -0.25) is 0 Å². The monoisotopic (exact) mass is 244 g/mol. The molecular formula is C13H28N2S. The molecule has 16 heavy (non-hydrogen) atoms. The Morgan fingerprint density at radius 3 is 2.62 bits per heavy atom. The Kier molecular flexibility index (Phi) is 8.34. The summed E-state index contributed by atoms with van der Waals surface area (Å²) in [7, 11) is 4.27. The molecule has 0 saturated heterocycles. The van der Waals surface area contributed by atoms with Crippen LogP contribution >= 0.6 is 11.8 Å². The number of hydrogen-bond donors (Lipinski definition) is 1. The van der Waals surface area contributed by atoms with Crippen molar-refractivity contribution in [2.24, 2.45) is 5.92 Å². The summed E-state index contributed by atoms with van der Waals surface area (Å²) in [6.07, 6.45) is 7.20. The van der Waals surface area contributed by atoms with E-state index in [1.54, 1.807) is 0 Å². The Labute approximate surface area is 106 Å². The van der Waals surface area contributed by atoms with Crippen LogP contribution in [-0.4, -0.2) is 50.1 Å². The molecule has 1 fully saturated rings. The fourth-order valence-electron chi connectivity index (χ4n) is 2.22. The molecule has 0 radical (unpaired) electrons. The summed E-state index contributed by atoms with van der Waals surface area (Å²) in [5.41, 5.74) is 0. The average molecular weight is 244 g/mol. The van der Waals surface area contributed by atoms with Crippen LogP contribution in [0.5, 0.6) is 0 Å². The van der Waals surface area contributed by atoms with E-state index in [9.17, 15) is 0 Å². The van der Waals surface area contributed by atoms with E-state index in [-0.39, 0.29) is 0 Å². The van der Waals surface area contributed by atoms with Crippen LogP contribution in [0.1, 0.15) is 32.1 Å². The lowest BCUT2D eigenvalue weighted by atomic mass is 10.1. The molecule has 0 amide bonds. The molecule has 0 unspecified atom stereocenters. The fraction of sp³-hybridized carbons (Fsp3) is 1.00. The third-order valence-electron chi connectivity index (χ3n) is 3.21. The molecule has 96 valence electrons. The Morgan fingerprint density at radius 1 is 1.19 bits per heavy atom. The van der Waals surface area contributed by atoms with Crippen LogP contribution in [0.4, 0.5) is 0 Å². The quantitative estimate of drug-likeness (QED) is 0.627. The molecule has 1 N–H and O–H groups in total. The predicted octanol–water partition coefficient (Wildman–Crippen LogP) is 2.45. The zero-order valence-electron chi connectivity index (χ0n) is 11.0. The zero-order chi connectivity index (χ0) is 11.6. The van der Waals surface area contributed by atoms with E-state index in [0.717, 1.165) is 5.92 Å². The summed E-state index contributed by atoms with van der Waals surface area (Å²) >= 11 is 2.14. The maximum atomic E-state index is 3.52. The van der Waals surface area contributed by atoms with E-state index < -0.39 is 0 Å². The second kappa shape index (κ2) is 9.32. The zero-order valence-corrected chi connectivity index (χ0v) is 11.8. The lowest BCUT2D eigenvalue weighted by Gasteiger charge is -2.10. The smallest absolute Gasteiger partial charge is 0.00582 e. The van der Waals surface area contributed by atoms with Crippen LogP contribution in [0.3, 0.4) is 0 Å². The van der Waals surface area contributed by atoms with Gasteiger partial charge in [-0.15, -0.1) is 0 Å². The summed E-state index contributed by atoms with van der Waals surface area (Å²) in [5, 5.41) is 3.52. The van der Waals surface area contributed by atoms with E-state index in [4.69, 9.17) is 0 Å². The SMILES string of the molecule is CN(C)CCCNCCSCC1CCCC1. The van der Waals surface area contributed by atoms with E-state index in [1.165, 1.54) is 63.2 Å². The largest absolute Gasteiger partial charge is 0.316 e. The van der Waals surface area contributed by atoms with Gasteiger partial charge in [-0.25, -0.2) is 0 Å². The van der Waals surface area contributed by atoms with Crippen molar-refractivity contribution in [1.29, 1.82) is 0 Å². The van der Waals surface area contributed by atoms with Gasteiger partial charge in [0.05, 0.1) is 0 Å². The first-order valence-corrected chi connectivity index (χ1v) is 7.87. The van der Waals surface area contributed by atoms with Crippen LogP contribution in [-0.2, 0) is 0 Å². The van der Waals surface area contributed by atoms with Crippen molar-refractivity contribution in [3.05, 3.63) is 0 Å². The molecule has 0 aromatic carbocycles. The van der Waals surface area contributed by atoms with E-state index in [0.29, 0.717) is 0 Å². The van der Waals surface area contributed by atoms with Gasteiger partial charge in [-0.2, -0.15) is 11.8 Å². The molecule has 1 aliphatic rings. The van der Waals surface area contributed by atoms with Gasteiger partial charge < -0.3 is 10.2 Å². The van der Waals surface area contributed by atoms with Crippen LogP contribution in [0.25, 0.3) is 0 Å². The molecule has 0 aromatic rings. The van der Waals surface area contributed by atoms with Gasteiger partial charge >= 0.3 is 0 Å². The summed E-state index contributed by atoms with van der Waals surface area (Å²) < 4.78 is 0. The van der Waals surface area contributed by atoms with Crippen molar-refractivity contribution in [2.45, 2.75) is 32.1 Å². The molecule has 1 rings (SSSR count). The standard InChI is InChI=1S/C13H28N2S/c1-15(2)10-5-8-14-9-11-16-12-13-6-3-4-7-13/h13-14H,3-12H2,1-2H3. The molecule has 3 heteroatoms. The third kappa shape index (κ3) is 7.53. The van der Waals surface area contributed by atoms with Crippen LogP contribution in [0.2, 0.25) is 0 Å². The van der Waals surface area contributed by atoms with E-state index in [1.807, 2.05) is 0 Å². The number of nitrogens with zero attached hydrogens (tertiary/aromatic N) is 1. The highest BCUT2D eigenvalue weighted by Gasteiger charge is 2.13. The van der Waals surface area contributed by atoms with Gasteiger partial charge in [0.1, 0.15) is 0 Å². The van der Waals surface area contributed by atoms with Crippen molar-refractivity contribution < 1.29 is 0 Å². The van der Waals surface area contributed by atoms with Crippen molar-refractivity contribution in [3.8, 4) is 0 Å². The highest BCUT2D eigenvalue weighted by molar-refractivity contribution is 7.99. The highest BCUT2D eigenvalue weighted by Crippen LogP contribution is 2.27. The van der Waals surface area contributed by atoms with E-state index >= 15 is 0 Å². The van der Waals surface area contributed by atoms with Crippen LogP contribution in [0, 0.1) is 5.92 Å². The summed E-state index contributed by atoms with van der Waals surface area (Å²) in [6, 6.07) is 0. The van der Waals surface area contributed by atoms with E-state index in [2.05, 4.69) is 36.1 Å². The van der Waals surface area contributed by atoms with Crippen molar-refractivity contribution in [1.82, 2.24) is 10.2 Å². The second-order valence-electron chi connectivity index (χ2n) is 5.13. The average Bonchev–Trinajstić information content (AvgIpc) is 2.74. The molecular weight excluding hydrogens is 216 g/mol. The minimum Gasteiger partial charge on any atom is -0.316 e. The molecule has 1 saturated carbocycles. The number of rotatable bonds is 9. The molecule has 0 atom stereocenters. The van der Waals surface area contributed by atoms with Gasteiger partial charge in [0.15, 0.2) is 0 Å². The molecule has 0 aromatic heterocycles. The summed E-state index contributed by atoms with van der Waals surface area (Å²) in [4.78, 5) is 2.25. The molecule has 2 nitrogen and oxygen atoms in total. The van der Waals surface area contributed by atoms with Gasteiger partial charge in [0.2, 0.25) is 0 Å². The maximum Gasteiger partial charge on any atom is 0.00582 e. The Hall–Kier alpha value is 0.270.